The van der Waals surface area contributed by atoms with Crippen molar-refractivity contribution in [1.82, 2.24) is 0 Å². The van der Waals surface area contributed by atoms with Crippen LogP contribution >= 0.6 is 11.8 Å². The molecule has 0 aliphatic carbocycles. The first kappa shape index (κ1) is 10.3. The third-order valence-electron chi connectivity index (χ3n) is 1.70. The Bertz CT molecular complexity index is 276. The molecule has 2 nitrogen and oxygen atoms in total. The molecule has 0 spiro atoms. The van der Waals surface area contributed by atoms with Gasteiger partial charge in [0.05, 0.1) is 7.11 Å². The van der Waals surface area contributed by atoms with E-state index in [0.717, 1.165) is 22.9 Å². The van der Waals surface area contributed by atoms with Crippen molar-refractivity contribution in [2.75, 3.05) is 18.6 Å². The van der Waals surface area contributed by atoms with Gasteiger partial charge in [0.25, 0.3) is 0 Å². The maximum atomic E-state index is 5.72. The summed E-state index contributed by atoms with van der Waals surface area (Å²) in [7, 11) is 1.66. The molecule has 2 N–H and O–H groups in total. The van der Waals surface area contributed by atoms with Crippen LogP contribution in [0, 0.1) is 0 Å². The van der Waals surface area contributed by atoms with E-state index in [-0.39, 0.29) is 0 Å². The summed E-state index contributed by atoms with van der Waals surface area (Å²) in [6, 6.07) is 5.85. The first-order valence-electron chi connectivity index (χ1n) is 4.27. The third kappa shape index (κ3) is 3.19. The fourth-order valence-electron chi connectivity index (χ4n) is 1.11. The van der Waals surface area contributed by atoms with Crippen molar-refractivity contribution in [2.24, 2.45) is 0 Å². The summed E-state index contributed by atoms with van der Waals surface area (Å²) in [5.41, 5.74) is 7.71. The van der Waals surface area contributed by atoms with Crippen LogP contribution in [0.15, 0.2) is 18.2 Å². The Morgan fingerprint density at radius 3 is 2.77 bits per heavy atom. The lowest BCUT2D eigenvalue weighted by molar-refractivity contribution is 0.414. The Hall–Kier alpha value is -0.830. The smallest absolute Gasteiger partial charge is 0.121 e. The average molecular weight is 197 g/mol. The second-order valence-corrected chi connectivity index (χ2v) is 4.03. The van der Waals surface area contributed by atoms with Gasteiger partial charge in [-0.1, -0.05) is 6.92 Å². The van der Waals surface area contributed by atoms with E-state index in [9.17, 15) is 0 Å². The van der Waals surface area contributed by atoms with Crippen LogP contribution in [0.4, 0.5) is 5.69 Å². The van der Waals surface area contributed by atoms with Crippen LogP contribution in [0.3, 0.4) is 0 Å². The number of thioether (sulfide) groups is 1. The van der Waals surface area contributed by atoms with Crippen LogP contribution in [-0.4, -0.2) is 12.9 Å². The Labute approximate surface area is 83.5 Å². The van der Waals surface area contributed by atoms with E-state index in [1.165, 1.54) is 5.56 Å². The standard InChI is InChI=1S/C10H15NOS/c1-3-13-7-8-4-9(11)6-10(5-8)12-2/h4-6H,3,7,11H2,1-2H3. The van der Waals surface area contributed by atoms with Crippen molar-refractivity contribution in [1.29, 1.82) is 0 Å². The highest BCUT2D eigenvalue weighted by Gasteiger charge is 1.98. The van der Waals surface area contributed by atoms with E-state index in [1.54, 1.807) is 7.11 Å². The monoisotopic (exact) mass is 197 g/mol. The number of nitrogen functional groups attached to an aromatic ring is 1. The number of rotatable bonds is 4. The molecule has 1 rings (SSSR count). The van der Waals surface area contributed by atoms with E-state index < -0.39 is 0 Å². The first-order valence-corrected chi connectivity index (χ1v) is 5.43. The molecule has 1 aromatic rings. The zero-order valence-corrected chi connectivity index (χ0v) is 8.86. The van der Waals surface area contributed by atoms with Gasteiger partial charge in [-0.15, -0.1) is 0 Å². The van der Waals surface area contributed by atoms with Gasteiger partial charge in [0.1, 0.15) is 5.75 Å². The lowest BCUT2D eigenvalue weighted by Gasteiger charge is -2.05. The Morgan fingerprint density at radius 2 is 2.15 bits per heavy atom. The van der Waals surface area contributed by atoms with Crippen molar-refractivity contribution < 1.29 is 4.74 Å². The zero-order chi connectivity index (χ0) is 9.68. The minimum Gasteiger partial charge on any atom is -0.497 e. The Kier molecular flexibility index (Phi) is 3.96. The van der Waals surface area contributed by atoms with Gasteiger partial charge in [-0.05, 0) is 23.4 Å². The quantitative estimate of drug-likeness (QED) is 0.753. The number of benzene rings is 1. The lowest BCUT2D eigenvalue weighted by Crippen LogP contribution is -1.91. The van der Waals surface area contributed by atoms with Crippen molar-refractivity contribution in [3.05, 3.63) is 23.8 Å². The molecule has 0 atom stereocenters. The van der Waals surface area contributed by atoms with Gasteiger partial charge >= 0.3 is 0 Å². The number of ether oxygens (including phenoxy) is 1. The van der Waals surface area contributed by atoms with Crippen molar-refractivity contribution in [3.8, 4) is 5.75 Å². The van der Waals surface area contributed by atoms with Crippen LogP contribution in [-0.2, 0) is 5.75 Å². The van der Waals surface area contributed by atoms with Gasteiger partial charge in [-0.3, -0.25) is 0 Å². The summed E-state index contributed by atoms with van der Waals surface area (Å²) >= 11 is 1.88. The maximum absolute atomic E-state index is 5.72. The molecule has 0 unspecified atom stereocenters. The average Bonchev–Trinajstić information content (AvgIpc) is 2.14. The molecule has 72 valence electrons. The molecular weight excluding hydrogens is 182 g/mol. The van der Waals surface area contributed by atoms with Crippen molar-refractivity contribution in [2.45, 2.75) is 12.7 Å². The second-order valence-electron chi connectivity index (χ2n) is 2.75. The number of anilines is 1. The number of hydrogen-bond acceptors (Lipinski definition) is 3. The van der Waals surface area contributed by atoms with E-state index in [2.05, 4.69) is 6.92 Å². The van der Waals surface area contributed by atoms with E-state index in [1.807, 2.05) is 30.0 Å². The van der Waals surface area contributed by atoms with Gasteiger partial charge in [0, 0.05) is 17.5 Å². The molecule has 3 heteroatoms. The number of nitrogens with two attached hydrogens (primary N) is 1. The fourth-order valence-corrected chi connectivity index (χ4v) is 1.71. The summed E-state index contributed by atoms with van der Waals surface area (Å²) in [4.78, 5) is 0. The summed E-state index contributed by atoms with van der Waals surface area (Å²) in [6.45, 7) is 2.15. The maximum Gasteiger partial charge on any atom is 0.121 e. The van der Waals surface area contributed by atoms with Crippen LogP contribution < -0.4 is 10.5 Å². The van der Waals surface area contributed by atoms with Crippen molar-refractivity contribution >= 4 is 17.4 Å². The van der Waals surface area contributed by atoms with Crippen LogP contribution in [0.1, 0.15) is 12.5 Å². The zero-order valence-electron chi connectivity index (χ0n) is 8.04. The van der Waals surface area contributed by atoms with Gasteiger partial charge in [0.15, 0.2) is 0 Å². The topological polar surface area (TPSA) is 35.2 Å². The predicted octanol–water partition coefficient (Wildman–Crippen LogP) is 2.53. The van der Waals surface area contributed by atoms with Gasteiger partial charge in [-0.25, -0.2) is 0 Å². The molecule has 1 aromatic carbocycles. The Balaban J connectivity index is 2.76. The molecule has 13 heavy (non-hydrogen) atoms. The third-order valence-corrected chi connectivity index (χ3v) is 2.64. The summed E-state index contributed by atoms with van der Waals surface area (Å²) in [5, 5.41) is 0. The summed E-state index contributed by atoms with van der Waals surface area (Å²) in [5.74, 6) is 2.96. The van der Waals surface area contributed by atoms with Crippen LogP contribution in [0.25, 0.3) is 0 Å². The molecule has 0 amide bonds. The molecule has 0 aliphatic rings. The number of hydrogen-bond donors (Lipinski definition) is 1. The fraction of sp³-hybridized carbons (Fsp3) is 0.400. The molecule has 0 heterocycles. The summed E-state index contributed by atoms with van der Waals surface area (Å²) in [6.07, 6.45) is 0. The van der Waals surface area contributed by atoms with Gasteiger partial charge in [-0.2, -0.15) is 11.8 Å². The normalized spacial score (nSPS) is 10.0. The second kappa shape index (κ2) is 5.02. The van der Waals surface area contributed by atoms with Crippen LogP contribution in [0.2, 0.25) is 0 Å². The first-order chi connectivity index (χ1) is 6.26. The highest BCUT2D eigenvalue weighted by atomic mass is 32.2. The Morgan fingerprint density at radius 1 is 1.38 bits per heavy atom. The molecule has 0 saturated heterocycles. The molecule has 0 aromatic heterocycles. The van der Waals surface area contributed by atoms with Crippen LogP contribution in [0.5, 0.6) is 5.75 Å². The molecular formula is C10H15NOS. The lowest BCUT2D eigenvalue weighted by atomic mass is 10.2. The molecule has 0 bridgehead atoms. The van der Waals surface area contributed by atoms with Gasteiger partial charge < -0.3 is 10.5 Å². The summed E-state index contributed by atoms with van der Waals surface area (Å²) < 4.78 is 5.13. The molecule has 0 fully saturated rings. The predicted molar refractivity (Wildman–Crippen MR) is 59.2 cm³/mol. The minimum atomic E-state index is 0.769. The van der Waals surface area contributed by atoms with E-state index in [4.69, 9.17) is 10.5 Å². The van der Waals surface area contributed by atoms with E-state index in [0.29, 0.717) is 0 Å². The number of methoxy groups -OCH3 is 1. The largest absolute Gasteiger partial charge is 0.497 e. The van der Waals surface area contributed by atoms with Crippen molar-refractivity contribution in [3.63, 3.8) is 0 Å². The molecule has 0 aliphatic heterocycles. The molecule has 0 radical (unpaired) electrons. The minimum absolute atomic E-state index is 0.769. The SMILES string of the molecule is CCSCc1cc(N)cc(OC)c1. The van der Waals surface area contributed by atoms with Gasteiger partial charge in [0.2, 0.25) is 0 Å². The van der Waals surface area contributed by atoms with E-state index >= 15 is 0 Å². The highest BCUT2D eigenvalue weighted by molar-refractivity contribution is 7.98. The highest BCUT2D eigenvalue weighted by Crippen LogP contribution is 2.21. The molecule has 0 saturated carbocycles.